The highest BCUT2D eigenvalue weighted by atomic mass is 35.5. The Bertz CT molecular complexity index is 2230. The van der Waals surface area contributed by atoms with E-state index in [1.807, 2.05) is 0 Å². The van der Waals surface area contributed by atoms with Crippen molar-refractivity contribution >= 4 is 36.0 Å². The second-order valence-corrected chi connectivity index (χ2v) is 10.6. The average molecular weight is 644 g/mol. The maximum atomic E-state index is 14.9. The number of halogens is 4. The van der Waals surface area contributed by atoms with Gasteiger partial charge in [0.15, 0.2) is 17.5 Å². The highest BCUT2D eigenvalue weighted by molar-refractivity contribution is 7.46. The third kappa shape index (κ3) is 6.37. The van der Waals surface area contributed by atoms with Gasteiger partial charge in [-0.1, -0.05) is 11.6 Å². The van der Waals surface area contributed by atoms with Crippen LogP contribution in [-0.2, 0) is 43.0 Å². The summed E-state index contributed by atoms with van der Waals surface area (Å²) >= 11 is 6.40. The summed E-state index contributed by atoms with van der Waals surface area (Å²) in [4.78, 5) is 54.6. The minimum atomic E-state index is -5.32. The molecule has 0 saturated carbocycles. The average Bonchev–Trinajstić information content (AvgIpc) is 3.53. The number of hydrogen-bond acceptors (Lipinski definition) is 8. The lowest BCUT2D eigenvalue weighted by atomic mass is 10.2. The first-order valence-corrected chi connectivity index (χ1v) is 13.7. The van der Waals surface area contributed by atoms with Crippen molar-refractivity contribution in [3.8, 4) is 0 Å². The van der Waals surface area contributed by atoms with Gasteiger partial charge < -0.3 is 9.79 Å². The quantitative estimate of drug-likeness (QED) is 0.186. The minimum absolute atomic E-state index is 0.0336. The van der Waals surface area contributed by atoms with Crippen LogP contribution in [0.2, 0.25) is 5.02 Å². The molecule has 3 aromatic heterocycles. The Kier molecular flexibility index (Phi) is 7.28. The van der Waals surface area contributed by atoms with Crippen LogP contribution < -0.4 is 17.0 Å². The zero-order valence-electron chi connectivity index (χ0n) is 23.9. The lowest BCUT2D eigenvalue weighted by Crippen LogP contribution is -2.55. The van der Waals surface area contributed by atoms with Crippen molar-refractivity contribution in [2.75, 3.05) is 0 Å². The van der Waals surface area contributed by atoms with Crippen LogP contribution in [0.1, 0.15) is 14.1 Å². The van der Waals surface area contributed by atoms with E-state index in [9.17, 15) is 37.1 Å². The van der Waals surface area contributed by atoms with Crippen molar-refractivity contribution in [3.05, 3.63) is 97.2 Å². The van der Waals surface area contributed by atoms with Crippen LogP contribution in [0.15, 0.2) is 51.4 Å². The predicted molar refractivity (Wildman–Crippen MR) is 143 cm³/mol. The summed E-state index contributed by atoms with van der Waals surface area (Å²) in [7, 11) is -2.33. The molecule has 0 amide bonds. The van der Waals surface area contributed by atoms with Gasteiger partial charge >= 0.3 is 19.2 Å². The van der Waals surface area contributed by atoms with Crippen molar-refractivity contribution in [2.24, 2.45) is 19.1 Å². The summed E-state index contributed by atoms with van der Waals surface area (Å²) in [6.07, 6.45) is 2.64. The van der Waals surface area contributed by atoms with Crippen LogP contribution in [0.5, 0.6) is 0 Å². The van der Waals surface area contributed by atoms with Gasteiger partial charge in [0.25, 0.3) is 0 Å². The molecule has 5 rings (SSSR count). The Morgan fingerprint density at radius 1 is 1.00 bits per heavy atom. The summed E-state index contributed by atoms with van der Waals surface area (Å²) in [6.45, 7) is -5.48. The summed E-state index contributed by atoms with van der Waals surface area (Å²) in [5.41, 5.74) is -4.24. The third-order valence-corrected chi connectivity index (χ3v) is 6.57. The number of fused-ring (bicyclic) bond motifs is 1. The van der Waals surface area contributed by atoms with Crippen molar-refractivity contribution in [3.63, 3.8) is 0 Å². The first-order valence-electron chi connectivity index (χ1n) is 12.8. The molecule has 0 bridgehead atoms. The second kappa shape index (κ2) is 11.4. The van der Waals surface area contributed by atoms with Crippen molar-refractivity contribution in [1.29, 1.82) is 0 Å². The molecule has 0 spiro atoms. The van der Waals surface area contributed by atoms with Gasteiger partial charge in [0.1, 0.15) is 18.9 Å². The standard InChI is InChI=1S/C23H20ClF3N9O6P/c1-32-7-13-4-19(14(24)5-18(13)30-32)29-21-34(8-12-3-16(26)17(27)6-15(12)25)22(37)35(9-20-28-10-33(2)31-20)23(38)36(21)11-42-43(39,40)41/h3-7,10H,8-9,11H2,1-2H3,(H2,39,40,41)/i9D2. The summed E-state index contributed by atoms with van der Waals surface area (Å²) < 4.78 is 79.4. The zero-order chi connectivity index (χ0) is 33.0. The molecule has 20 heteroatoms. The van der Waals surface area contributed by atoms with Crippen LogP contribution in [0.4, 0.5) is 18.9 Å². The topological polar surface area (TPSA) is 177 Å². The Morgan fingerprint density at radius 2 is 1.70 bits per heavy atom. The van der Waals surface area contributed by atoms with Crippen molar-refractivity contribution in [1.82, 2.24) is 38.2 Å². The highest BCUT2D eigenvalue weighted by Gasteiger charge is 2.22. The first-order chi connectivity index (χ1) is 21.0. The fourth-order valence-corrected chi connectivity index (χ4v) is 4.40. The number of rotatable bonds is 8. The highest BCUT2D eigenvalue weighted by Crippen LogP contribution is 2.35. The Balaban J connectivity index is 1.91. The molecule has 2 aromatic carbocycles. The Labute approximate surface area is 245 Å². The Morgan fingerprint density at radius 3 is 2.37 bits per heavy atom. The number of nitrogens with zero attached hydrogens (tertiary/aromatic N) is 9. The molecule has 5 aromatic rings. The van der Waals surface area contributed by atoms with E-state index in [1.54, 1.807) is 13.2 Å². The Hall–Kier alpha value is -4.35. The van der Waals surface area contributed by atoms with E-state index in [0.29, 0.717) is 26.1 Å². The molecule has 0 aliphatic heterocycles. The van der Waals surface area contributed by atoms with Gasteiger partial charge in [-0.25, -0.2) is 46.4 Å². The van der Waals surface area contributed by atoms with E-state index in [0.717, 1.165) is 11.0 Å². The van der Waals surface area contributed by atoms with Gasteiger partial charge in [0, 0.05) is 37.3 Å². The van der Waals surface area contributed by atoms with Crippen LogP contribution in [0, 0.1) is 17.5 Å². The second-order valence-electron chi connectivity index (χ2n) is 8.95. The fraction of sp³-hybridized carbons (Fsp3) is 0.217. The summed E-state index contributed by atoms with van der Waals surface area (Å²) in [6, 6.07) is 3.40. The number of benzene rings is 2. The number of phosphoric acid groups is 1. The molecule has 0 aliphatic rings. The molecular formula is C23H20ClF3N9O6P. The van der Waals surface area contributed by atoms with E-state index in [2.05, 4.69) is 24.7 Å². The first kappa shape index (κ1) is 27.5. The van der Waals surface area contributed by atoms with E-state index in [1.165, 1.54) is 23.9 Å². The molecular weight excluding hydrogens is 622 g/mol. The van der Waals surface area contributed by atoms with E-state index in [4.69, 9.17) is 14.3 Å². The van der Waals surface area contributed by atoms with Crippen LogP contribution in [0.3, 0.4) is 0 Å². The van der Waals surface area contributed by atoms with Crippen molar-refractivity contribution in [2.45, 2.75) is 19.8 Å². The molecule has 0 aliphatic carbocycles. The fourth-order valence-electron chi connectivity index (χ4n) is 3.94. The zero-order valence-corrected chi connectivity index (χ0v) is 23.5. The van der Waals surface area contributed by atoms with Crippen LogP contribution in [-0.4, -0.2) is 48.0 Å². The van der Waals surface area contributed by atoms with Gasteiger partial charge in [-0.05, 0) is 18.2 Å². The largest absolute Gasteiger partial charge is 0.471 e. The molecule has 0 unspecified atom stereocenters. The van der Waals surface area contributed by atoms with Gasteiger partial charge in [-0.15, -0.1) is 0 Å². The number of aromatic nitrogens is 8. The molecule has 0 fully saturated rings. The smallest absolute Gasteiger partial charge is 0.303 e. The maximum Gasteiger partial charge on any atom is 0.471 e. The molecule has 0 atom stereocenters. The molecule has 0 radical (unpaired) electrons. The maximum absolute atomic E-state index is 14.9. The lowest BCUT2D eigenvalue weighted by molar-refractivity contribution is 0.142. The third-order valence-electron chi connectivity index (χ3n) is 5.82. The normalized spacial score (nSPS) is 13.5. The van der Waals surface area contributed by atoms with Gasteiger partial charge in [0.05, 0.1) is 32.0 Å². The monoisotopic (exact) mass is 643 g/mol. The van der Waals surface area contributed by atoms with E-state index >= 15 is 0 Å². The summed E-state index contributed by atoms with van der Waals surface area (Å²) in [5, 5.41) is 8.39. The van der Waals surface area contributed by atoms with Crippen LogP contribution >= 0.6 is 19.4 Å². The number of hydrogen-bond donors (Lipinski definition) is 2. The lowest BCUT2D eigenvalue weighted by Gasteiger charge is -2.17. The molecule has 15 nitrogen and oxygen atoms in total. The van der Waals surface area contributed by atoms with Gasteiger partial charge in [-0.3, -0.25) is 18.5 Å². The minimum Gasteiger partial charge on any atom is -0.303 e. The van der Waals surface area contributed by atoms with E-state index in [-0.39, 0.29) is 21.3 Å². The molecule has 3 heterocycles. The SMILES string of the molecule is [2H]C([2H])(c1ncn(C)n1)n1c(=O)n(COP(=O)(O)O)c(=Nc2cc3cn(C)nc3cc2Cl)n(Cc2cc(F)c(F)cc2F)c1=O. The molecule has 2 N–H and O–H groups in total. The number of aryl methyl sites for hydroxylation is 2. The van der Waals surface area contributed by atoms with Gasteiger partial charge in [0.2, 0.25) is 5.62 Å². The molecule has 43 heavy (non-hydrogen) atoms. The number of phosphoric ester groups is 1. The molecule has 226 valence electrons. The van der Waals surface area contributed by atoms with Crippen LogP contribution in [0.25, 0.3) is 10.9 Å². The van der Waals surface area contributed by atoms with Gasteiger partial charge in [-0.2, -0.15) is 10.2 Å². The van der Waals surface area contributed by atoms with E-state index < -0.39 is 73.4 Å². The van der Waals surface area contributed by atoms with Crippen molar-refractivity contribution < 1.29 is 34.8 Å². The summed E-state index contributed by atoms with van der Waals surface area (Å²) in [5.74, 6) is -5.06. The molecule has 0 saturated heterocycles. The predicted octanol–water partition coefficient (Wildman–Crippen LogP) is 1.29.